The van der Waals surface area contributed by atoms with E-state index in [2.05, 4.69) is 20.8 Å². The fourth-order valence-corrected chi connectivity index (χ4v) is 11.3. The zero-order valence-corrected chi connectivity index (χ0v) is 36.7. The Hall–Kier alpha value is -4.22. The first-order chi connectivity index (χ1) is 28.5. The highest BCUT2D eigenvalue weighted by Crippen LogP contribution is 2.49. The molecule has 4 aromatic heterocycles. The molecule has 8 rings (SSSR count). The van der Waals surface area contributed by atoms with Crippen LogP contribution in [0, 0.1) is 0 Å². The van der Waals surface area contributed by atoms with Crippen LogP contribution in [0.4, 0.5) is 0 Å². The molecule has 0 aliphatic carbocycles. The van der Waals surface area contributed by atoms with E-state index < -0.39 is 32.1 Å². The van der Waals surface area contributed by atoms with Gasteiger partial charge in [-0.05, 0) is 55.3 Å². The third kappa shape index (κ3) is 8.25. The van der Waals surface area contributed by atoms with Crippen LogP contribution in [-0.2, 0) is 33.5 Å². The number of amides is 2. The number of benzene rings is 2. The number of halogens is 4. The summed E-state index contributed by atoms with van der Waals surface area (Å²) in [5, 5.41) is 16.0. The van der Waals surface area contributed by atoms with Gasteiger partial charge in [-0.15, -0.1) is 22.7 Å². The monoisotopic (exact) mass is 972 g/mol. The second-order valence-corrected chi connectivity index (χ2v) is 20.4. The Morgan fingerprint density at radius 3 is 1.80 bits per heavy atom. The molecule has 314 valence electrons. The minimum atomic E-state index is -4.54. The number of fused-ring (bicyclic) bond motifs is 6. The summed E-state index contributed by atoms with van der Waals surface area (Å²) in [5.41, 5.74) is 2.31. The van der Waals surface area contributed by atoms with Gasteiger partial charge in [0.05, 0.1) is 36.9 Å². The van der Waals surface area contributed by atoms with Crippen molar-refractivity contribution in [3.63, 3.8) is 0 Å². The molecule has 0 unspecified atom stereocenters. The van der Waals surface area contributed by atoms with Gasteiger partial charge in [0.2, 0.25) is 0 Å². The maximum Gasteiger partial charge on any atom is 0.304 e. The second-order valence-electron chi connectivity index (χ2n) is 13.3. The zero-order valence-electron chi connectivity index (χ0n) is 30.4. The van der Waals surface area contributed by atoms with Crippen molar-refractivity contribution in [2.24, 2.45) is 0 Å². The quantitative estimate of drug-likeness (QED) is 0.0637. The van der Waals surface area contributed by atoms with Gasteiger partial charge in [0.25, 0.3) is 11.8 Å². The number of ether oxygens (including phenoxy) is 2. The predicted molar refractivity (Wildman–Crippen MR) is 225 cm³/mol. The topological polar surface area (TPSA) is 221 Å². The fraction of sp³-hybridized carbons (Fsp3) is 0.222. The van der Waals surface area contributed by atoms with Crippen LogP contribution in [0.1, 0.15) is 57.8 Å². The van der Waals surface area contributed by atoms with Gasteiger partial charge in [-0.3, -0.25) is 18.7 Å². The predicted octanol–water partition coefficient (Wildman–Crippen LogP) is 8.13. The van der Waals surface area contributed by atoms with Crippen molar-refractivity contribution in [1.82, 2.24) is 30.2 Å². The van der Waals surface area contributed by atoms with E-state index in [4.69, 9.17) is 55.9 Å². The van der Waals surface area contributed by atoms with Crippen LogP contribution in [0.15, 0.2) is 56.9 Å². The van der Waals surface area contributed by atoms with Crippen molar-refractivity contribution in [3.8, 4) is 44.0 Å². The molecular weight excluding hydrogens is 947 g/mol. The molecule has 0 bridgehead atoms. The number of carbonyl (C=O) groups excluding carboxylic acids is 2. The largest absolute Gasteiger partial charge is 0.487 e. The highest BCUT2D eigenvalue weighted by atomic mass is 35.5. The summed E-state index contributed by atoms with van der Waals surface area (Å²) < 4.78 is 81.1. The average Bonchev–Trinajstić information content (AvgIpc) is 3.98. The summed E-state index contributed by atoms with van der Waals surface area (Å²) >= 11 is 26.9. The summed E-state index contributed by atoms with van der Waals surface area (Å²) in [6.45, 7) is 0.419. The molecule has 0 fully saturated rings. The maximum atomic E-state index is 13.5. The Bertz CT molecular complexity index is 2760. The number of carbonyl (C=O) groups is 2. The number of aromatic nitrogens is 4. The number of unbranched alkanes of at least 4 members (excludes halogenated alkanes) is 3. The van der Waals surface area contributed by atoms with Gasteiger partial charge in [0.1, 0.15) is 28.9 Å². The van der Waals surface area contributed by atoms with Gasteiger partial charge in [0, 0.05) is 40.3 Å². The van der Waals surface area contributed by atoms with Crippen molar-refractivity contribution < 1.29 is 45.0 Å². The molecule has 4 N–H and O–H groups in total. The molecule has 2 aliphatic rings. The van der Waals surface area contributed by atoms with Gasteiger partial charge >= 0.3 is 20.2 Å². The third-order valence-electron chi connectivity index (χ3n) is 9.35. The normalized spacial score (nSPS) is 13.1. The lowest BCUT2D eigenvalue weighted by Crippen LogP contribution is -2.27. The number of nitrogens with one attached hydrogen (secondary N) is 2. The van der Waals surface area contributed by atoms with Crippen molar-refractivity contribution in [2.75, 3.05) is 13.1 Å². The summed E-state index contributed by atoms with van der Waals surface area (Å²) in [5.74, 6) is -0.700. The number of hydrogen-bond acceptors (Lipinski definition) is 12. The smallest absolute Gasteiger partial charge is 0.304 e. The minimum absolute atomic E-state index is 0.0475. The van der Waals surface area contributed by atoms with Crippen molar-refractivity contribution in [1.29, 1.82) is 0 Å². The Balaban J connectivity index is 0.905. The van der Waals surface area contributed by atoms with Crippen LogP contribution in [0.5, 0.6) is 11.5 Å². The second kappa shape index (κ2) is 16.6. The Labute approximate surface area is 369 Å². The van der Waals surface area contributed by atoms with Crippen LogP contribution in [0.3, 0.4) is 0 Å². The summed E-state index contributed by atoms with van der Waals surface area (Å²) in [4.78, 5) is 27.8. The van der Waals surface area contributed by atoms with E-state index in [0.29, 0.717) is 85.9 Å². The van der Waals surface area contributed by atoms with Crippen LogP contribution >= 0.6 is 69.1 Å². The van der Waals surface area contributed by atoms with Crippen LogP contribution < -0.4 is 20.1 Å². The van der Waals surface area contributed by atoms with Gasteiger partial charge in [0.15, 0.2) is 21.3 Å². The van der Waals surface area contributed by atoms with E-state index in [0.717, 1.165) is 22.7 Å². The Morgan fingerprint density at radius 2 is 1.22 bits per heavy atom. The third-order valence-corrected chi connectivity index (χ3v) is 15.3. The van der Waals surface area contributed by atoms with E-state index in [1.54, 1.807) is 24.3 Å². The SMILES string of the molecule is O=C(NCCCCCCNC(=O)c1nn(-c2ccc(Cl)cc2Cl)c2c1OCc1cc(S(=O)(=O)O)sc1-2)c1nn(-c2ccc(Cl)cc2Cl)c2c1COc1cc(S(=O)(=O)O)sc1-2. The maximum absolute atomic E-state index is 13.5. The summed E-state index contributed by atoms with van der Waals surface area (Å²) in [6.07, 6.45) is 2.57. The number of rotatable bonds is 13. The molecule has 24 heteroatoms. The molecule has 2 aromatic carbocycles. The molecule has 0 spiro atoms. The van der Waals surface area contributed by atoms with Crippen LogP contribution in [-0.4, -0.2) is 70.4 Å². The molecule has 6 aromatic rings. The highest BCUT2D eigenvalue weighted by Gasteiger charge is 2.36. The van der Waals surface area contributed by atoms with Crippen molar-refractivity contribution in [2.45, 2.75) is 47.3 Å². The number of hydrogen-bond donors (Lipinski definition) is 4. The molecular formula is C36H28Cl4N6O10S4. The summed E-state index contributed by atoms with van der Waals surface area (Å²) in [7, 11) is -9.06. The lowest BCUT2D eigenvalue weighted by atomic mass is 10.1. The zero-order chi connectivity index (χ0) is 42.7. The molecule has 0 atom stereocenters. The van der Waals surface area contributed by atoms with E-state index in [1.165, 1.54) is 33.6 Å². The molecule has 60 heavy (non-hydrogen) atoms. The standard InChI is InChI=1S/C36H28Cl4N6O10S4/c37-18-5-7-23(21(39)12-18)45-30-20(16-55-25-14-27(58-34(25)30)60(52,53)54)28(43-45)35(47)41-9-3-1-2-4-10-42-36(48)29-32-31(46(44-29)24-8-6-19(38)13-22(24)40)33-17(15-56-32)11-26(57-33)59(49,50)51/h5-8,11-14H,1-4,9-10,15-16H2,(H,41,47)(H,42,48)(H,49,50,51)(H,52,53,54). The highest BCUT2D eigenvalue weighted by molar-refractivity contribution is 7.88. The van der Waals surface area contributed by atoms with Gasteiger partial charge in [-0.25, -0.2) is 9.36 Å². The Kier molecular flexibility index (Phi) is 11.7. The molecule has 16 nitrogen and oxygen atoms in total. The molecule has 6 heterocycles. The van der Waals surface area contributed by atoms with Gasteiger partial charge in [-0.1, -0.05) is 59.2 Å². The van der Waals surface area contributed by atoms with Crippen LogP contribution in [0.25, 0.3) is 32.5 Å². The van der Waals surface area contributed by atoms with Crippen molar-refractivity contribution >= 4 is 101 Å². The number of thiophene rings is 2. The first-order valence-corrected chi connectivity index (χ1v) is 23.7. The van der Waals surface area contributed by atoms with Gasteiger partial charge in [-0.2, -0.15) is 27.0 Å². The van der Waals surface area contributed by atoms with Gasteiger partial charge < -0.3 is 20.1 Å². The molecule has 2 aliphatic heterocycles. The first-order valence-electron chi connectivity index (χ1n) is 17.7. The van der Waals surface area contributed by atoms with E-state index >= 15 is 0 Å². The fourth-order valence-electron chi connectivity index (χ4n) is 6.61. The van der Waals surface area contributed by atoms with E-state index in [1.807, 2.05) is 0 Å². The van der Waals surface area contributed by atoms with E-state index in [-0.39, 0.29) is 61.1 Å². The average molecular weight is 975 g/mol. The van der Waals surface area contributed by atoms with E-state index in [9.17, 15) is 35.5 Å². The minimum Gasteiger partial charge on any atom is -0.487 e. The van der Waals surface area contributed by atoms with Crippen LogP contribution in [0.2, 0.25) is 20.1 Å². The molecule has 2 amide bonds. The molecule has 0 saturated heterocycles. The summed E-state index contributed by atoms with van der Waals surface area (Å²) in [6, 6.07) is 11.9. The first kappa shape index (κ1) is 42.5. The van der Waals surface area contributed by atoms with Crippen molar-refractivity contribution in [3.05, 3.63) is 91.1 Å². The molecule has 0 saturated carbocycles. The number of nitrogens with zero attached hydrogens (tertiary/aromatic N) is 4. The Morgan fingerprint density at radius 1 is 0.683 bits per heavy atom. The lowest BCUT2D eigenvalue weighted by Gasteiger charge is -2.16. The molecule has 0 radical (unpaired) electrons. The lowest BCUT2D eigenvalue weighted by molar-refractivity contribution is 0.0934.